The fraction of sp³-hybridized carbons (Fsp3) is 0.278. The standard InChI is InChI=1S/C18H20N2O3S/c1-12-5-7-16(10-14(12)3)24-9-8-18(21)19-17-11-15(20(22)23)6-4-13(17)2/h4-7,10-11H,8-9H2,1-3H3,(H,19,21). The van der Waals surface area contributed by atoms with Crippen molar-refractivity contribution >= 4 is 29.0 Å². The number of benzene rings is 2. The Balaban J connectivity index is 1.90. The van der Waals surface area contributed by atoms with Crippen LogP contribution in [0.2, 0.25) is 0 Å². The number of anilines is 1. The zero-order valence-electron chi connectivity index (χ0n) is 14.0. The van der Waals surface area contributed by atoms with Crippen molar-refractivity contribution in [3.63, 3.8) is 0 Å². The molecule has 0 bridgehead atoms. The third-order valence-corrected chi connectivity index (χ3v) is 4.78. The van der Waals surface area contributed by atoms with Gasteiger partial charge in [-0.25, -0.2) is 0 Å². The summed E-state index contributed by atoms with van der Waals surface area (Å²) in [7, 11) is 0. The summed E-state index contributed by atoms with van der Waals surface area (Å²) < 4.78 is 0. The second-order valence-electron chi connectivity index (χ2n) is 5.65. The normalized spacial score (nSPS) is 10.5. The first-order valence-corrected chi connectivity index (χ1v) is 8.60. The van der Waals surface area contributed by atoms with Crippen LogP contribution < -0.4 is 5.32 Å². The van der Waals surface area contributed by atoms with Gasteiger partial charge in [-0.05, 0) is 49.6 Å². The van der Waals surface area contributed by atoms with E-state index in [0.29, 0.717) is 17.9 Å². The van der Waals surface area contributed by atoms with Crippen LogP contribution in [0.1, 0.15) is 23.1 Å². The summed E-state index contributed by atoms with van der Waals surface area (Å²) in [5, 5.41) is 13.6. The Morgan fingerprint density at radius 2 is 1.79 bits per heavy atom. The number of nitrogens with one attached hydrogen (secondary N) is 1. The fourth-order valence-corrected chi connectivity index (χ4v) is 3.08. The van der Waals surface area contributed by atoms with Crippen LogP contribution >= 0.6 is 11.8 Å². The molecule has 1 amide bonds. The van der Waals surface area contributed by atoms with Gasteiger partial charge in [0.05, 0.1) is 10.6 Å². The van der Waals surface area contributed by atoms with Gasteiger partial charge in [0.15, 0.2) is 0 Å². The van der Waals surface area contributed by atoms with Crippen LogP contribution in [0.15, 0.2) is 41.3 Å². The molecular weight excluding hydrogens is 324 g/mol. The molecule has 5 nitrogen and oxygen atoms in total. The molecule has 0 aromatic heterocycles. The van der Waals surface area contributed by atoms with E-state index in [0.717, 1.165) is 10.5 Å². The lowest BCUT2D eigenvalue weighted by molar-refractivity contribution is -0.384. The first-order valence-electron chi connectivity index (χ1n) is 7.62. The maximum atomic E-state index is 12.1. The van der Waals surface area contributed by atoms with Crippen molar-refractivity contribution < 1.29 is 9.72 Å². The summed E-state index contributed by atoms with van der Waals surface area (Å²) >= 11 is 1.63. The van der Waals surface area contributed by atoms with E-state index in [1.54, 1.807) is 17.8 Å². The molecule has 2 aromatic carbocycles. The maximum Gasteiger partial charge on any atom is 0.271 e. The number of nitro benzene ring substituents is 1. The second-order valence-corrected chi connectivity index (χ2v) is 6.82. The molecule has 0 fully saturated rings. The number of hydrogen-bond donors (Lipinski definition) is 1. The average molecular weight is 344 g/mol. The van der Waals surface area contributed by atoms with Gasteiger partial charge < -0.3 is 5.32 Å². The van der Waals surface area contributed by atoms with E-state index in [2.05, 4.69) is 37.4 Å². The van der Waals surface area contributed by atoms with Crippen LogP contribution in [0, 0.1) is 30.9 Å². The Labute approximate surface area is 145 Å². The molecule has 0 radical (unpaired) electrons. The first-order chi connectivity index (χ1) is 11.4. The van der Waals surface area contributed by atoms with Crippen LogP contribution in [0.3, 0.4) is 0 Å². The quantitative estimate of drug-likeness (QED) is 0.471. The molecule has 0 saturated heterocycles. The van der Waals surface area contributed by atoms with Gasteiger partial charge >= 0.3 is 0 Å². The predicted octanol–water partition coefficient (Wildman–Crippen LogP) is 4.64. The Hall–Kier alpha value is -2.34. The molecule has 1 N–H and O–H groups in total. The molecule has 2 rings (SSSR count). The molecule has 0 spiro atoms. The summed E-state index contributed by atoms with van der Waals surface area (Å²) in [6.07, 6.45) is 0.347. The maximum absolute atomic E-state index is 12.1. The summed E-state index contributed by atoms with van der Waals surface area (Å²) in [6, 6.07) is 10.7. The number of rotatable bonds is 6. The Morgan fingerprint density at radius 1 is 1.08 bits per heavy atom. The molecule has 0 atom stereocenters. The average Bonchev–Trinajstić information content (AvgIpc) is 2.52. The number of hydrogen-bond acceptors (Lipinski definition) is 4. The van der Waals surface area contributed by atoms with E-state index in [-0.39, 0.29) is 11.6 Å². The zero-order chi connectivity index (χ0) is 17.7. The van der Waals surface area contributed by atoms with Crippen LogP contribution in [0.25, 0.3) is 0 Å². The Kier molecular flexibility index (Phi) is 5.98. The van der Waals surface area contributed by atoms with Crippen molar-refractivity contribution in [1.29, 1.82) is 0 Å². The first kappa shape index (κ1) is 18.0. The SMILES string of the molecule is Cc1ccc(SCCC(=O)Nc2cc([N+](=O)[O-])ccc2C)cc1C. The van der Waals surface area contributed by atoms with E-state index in [1.165, 1.54) is 23.3 Å². The highest BCUT2D eigenvalue weighted by Gasteiger charge is 2.11. The molecule has 6 heteroatoms. The minimum absolute atomic E-state index is 0.0274. The van der Waals surface area contributed by atoms with Crippen molar-refractivity contribution in [3.8, 4) is 0 Å². The Morgan fingerprint density at radius 3 is 2.46 bits per heavy atom. The highest BCUT2D eigenvalue weighted by molar-refractivity contribution is 7.99. The van der Waals surface area contributed by atoms with Gasteiger partial charge in [0, 0.05) is 29.2 Å². The number of carbonyl (C=O) groups is 1. The molecule has 0 aliphatic heterocycles. The second kappa shape index (κ2) is 7.97. The van der Waals surface area contributed by atoms with Crippen LogP contribution in [0.5, 0.6) is 0 Å². The van der Waals surface area contributed by atoms with E-state index in [9.17, 15) is 14.9 Å². The van der Waals surface area contributed by atoms with Gasteiger partial charge in [-0.2, -0.15) is 0 Å². The molecule has 0 heterocycles. The van der Waals surface area contributed by atoms with Crippen LogP contribution in [-0.2, 0) is 4.79 Å². The summed E-state index contributed by atoms with van der Waals surface area (Å²) in [6.45, 7) is 5.94. The summed E-state index contributed by atoms with van der Waals surface area (Å²) in [5.74, 6) is 0.511. The molecule has 0 unspecified atom stereocenters. The lowest BCUT2D eigenvalue weighted by Gasteiger charge is -2.08. The molecule has 24 heavy (non-hydrogen) atoms. The van der Waals surface area contributed by atoms with Gasteiger partial charge in [0.1, 0.15) is 0 Å². The number of carbonyl (C=O) groups excluding carboxylic acids is 1. The third-order valence-electron chi connectivity index (χ3n) is 3.78. The van der Waals surface area contributed by atoms with E-state index in [4.69, 9.17) is 0 Å². The van der Waals surface area contributed by atoms with Crippen molar-refractivity contribution in [2.45, 2.75) is 32.1 Å². The lowest BCUT2D eigenvalue weighted by atomic mass is 10.1. The molecule has 126 valence electrons. The van der Waals surface area contributed by atoms with E-state index < -0.39 is 4.92 Å². The van der Waals surface area contributed by atoms with Crippen molar-refractivity contribution in [3.05, 3.63) is 63.2 Å². The minimum atomic E-state index is -0.468. The third kappa shape index (κ3) is 4.83. The van der Waals surface area contributed by atoms with Crippen molar-refractivity contribution in [1.82, 2.24) is 0 Å². The topological polar surface area (TPSA) is 72.2 Å². The zero-order valence-corrected chi connectivity index (χ0v) is 14.8. The molecule has 2 aromatic rings. The van der Waals surface area contributed by atoms with Crippen LogP contribution in [-0.4, -0.2) is 16.6 Å². The van der Waals surface area contributed by atoms with Gasteiger partial charge in [-0.1, -0.05) is 12.1 Å². The monoisotopic (exact) mass is 344 g/mol. The molecule has 0 aliphatic carbocycles. The molecule has 0 saturated carbocycles. The van der Waals surface area contributed by atoms with Gasteiger partial charge in [-0.3, -0.25) is 14.9 Å². The van der Waals surface area contributed by atoms with E-state index >= 15 is 0 Å². The number of amides is 1. The highest BCUT2D eigenvalue weighted by Crippen LogP contribution is 2.24. The Bertz CT molecular complexity index is 775. The van der Waals surface area contributed by atoms with Crippen molar-refractivity contribution in [2.24, 2.45) is 0 Å². The lowest BCUT2D eigenvalue weighted by Crippen LogP contribution is -2.13. The summed E-state index contributed by atoms with van der Waals surface area (Å²) in [4.78, 5) is 23.6. The molecule has 0 aliphatic rings. The smallest absolute Gasteiger partial charge is 0.271 e. The van der Waals surface area contributed by atoms with Crippen molar-refractivity contribution in [2.75, 3.05) is 11.1 Å². The highest BCUT2D eigenvalue weighted by atomic mass is 32.2. The predicted molar refractivity (Wildman–Crippen MR) is 97.7 cm³/mol. The van der Waals surface area contributed by atoms with Gasteiger partial charge in [0.25, 0.3) is 5.69 Å². The number of nitro groups is 1. The molecular formula is C18H20N2O3S. The number of thioether (sulfide) groups is 1. The van der Waals surface area contributed by atoms with E-state index in [1.807, 2.05) is 6.92 Å². The number of non-ortho nitro benzene ring substituents is 1. The van der Waals surface area contributed by atoms with Gasteiger partial charge in [-0.15, -0.1) is 11.8 Å². The van der Waals surface area contributed by atoms with Gasteiger partial charge in [0.2, 0.25) is 5.91 Å². The van der Waals surface area contributed by atoms with Crippen LogP contribution in [0.4, 0.5) is 11.4 Å². The summed E-state index contributed by atoms with van der Waals surface area (Å²) in [5.41, 5.74) is 3.75. The number of nitrogens with zero attached hydrogens (tertiary/aromatic N) is 1. The minimum Gasteiger partial charge on any atom is -0.326 e. The fourth-order valence-electron chi connectivity index (χ4n) is 2.14. The number of aryl methyl sites for hydroxylation is 3. The largest absolute Gasteiger partial charge is 0.326 e.